The van der Waals surface area contributed by atoms with Gasteiger partial charge in [-0.3, -0.25) is 48.4 Å². The molecular formula is C63H74FN13O12. The van der Waals surface area contributed by atoms with Crippen molar-refractivity contribution in [2.45, 2.75) is 116 Å². The number of imide groups is 1. The van der Waals surface area contributed by atoms with Crippen molar-refractivity contribution in [3.05, 3.63) is 132 Å². The van der Waals surface area contributed by atoms with E-state index in [2.05, 4.69) is 47.2 Å². The predicted octanol–water partition coefficient (Wildman–Crippen LogP) is 6.68. The molecule has 0 saturated heterocycles. The molecule has 1 aliphatic rings. The number of anilines is 2. The number of hydrogen-bond acceptors (Lipinski definition) is 15. The number of nitrogens with two attached hydrogens (primary N) is 1. The zero-order valence-corrected chi connectivity index (χ0v) is 49.7. The fourth-order valence-electron chi connectivity index (χ4n) is 9.45. The molecule has 9 amide bonds. The van der Waals surface area contributed by atoms with Gasteiger partial charge >= 0.3 is 18.1 Å². The van der Waals surface area contributed by atoms with Crippen molar-refractivity contribution in [2.75, 3.05) is 36.9 Å². The average Bonchev–Trinajstić information content (AvgIpc) is 2.49. The summed E-state index contributed by atoms with van der Waals surface area (Å²) in [6.45, 7) is 6.38. The van der Waals surface area contributed by atoms with Gasteiger partial charge in [0.15, 0.2) is 0 Å². The third-order valence-electron chi connectivity index (χ3n) is 14.1. The summed E-state index contributed by atoms with van der Waals surface area (Å²) in [7, 11) is 0. The van der Waals surface area contributed by atoms with E-state index in [0.717, 1.165) is 32.8 Å². The molecule has 0 saturated carbocycles. The number of halogens is 1. The van der Waals surface area contributed by atoms with Crippen LogP contribution in [-0.4, -0.2) is 128 Å². The number of pyridine rings is 2. The predicted molar refractivity (Wildman–Crippen MR) is 328 cm³/mol. The minimum atomic E-state index is -1.33. The van der Waals surface area contributed by atoms with Gasteiger partial charge in [-0.1, -0.05) is 50.6 Å². The van der Waals surface area contributed by atoms with E-state index in [4.69, 9.17) is 25.2 Å². The number of carbonyl (C=O) groups excluding carboxylic acids is 8. The second-order valence-electron chi connectivity index (χ2n) is 21.5. The van der Waals surface area contributed by atoms with E-state index in [9.17, 15) is 52.6 Å². The molecule has 25 nitrogen and oxygen atoms in total. The number of rotatable bonds is 34. The van der Waals surface area contributed by atoms with Crippen LogP contribution < -0.4 is 47.7 Å². The SMILES string of the molecule is Cc1cccc(-c2nc(CNc3cccc(F)c3)[nH]c2-c2ccc3ncc(OCCCCNC(=O)OCc4ccc(NC(=O)[C@H](CCCNC(N)=O)NC(=O)[C@@H](NC(=O)[C@H](CCC(=O)O)NC(=O)CCCCCN5C(=O)C=CC5=O)C(C)C)cc4)cc3c2)n1. The van der Waals surface area contributed by atoms with Crippen molar-refractivity contribution in [3.8, 4) is 28.4 Å². The topological polar surface area (TPSA) is 360 Å². The minimum Gasteiger partial charge on any atom is -0.492 e. The minimum absolute atomic E-state index is 0.0265. The molecule has 3 atom stereocenters. The Morgan fingerprint density at radius 1 is 0.742 bits per heavy atom. The van der Waals surface area contributed by atoms with Crippen LogP contribution in [-0.2, 0) is 51.5 Å². The number of fused-ring (bicyclic) bond motifs is 1. The number of primary amides is 1. The lowest BCUT2D eigenvalue weighted by atomic mass is 10.0. The van der Waals surface area contributed by atoms with Crippen LogP contribution in [0, 0.1) is 18.7 Å². The molecule has 7 rings (SSSR count). The van der Waals surface area contributed by atoms with Crippen molar-refractivity contribution in [1.29, 1.82) is 0 Å². The van der Waals surface area contributed by atoms with E-state index in [0.29, 0.717) is 91.7 Å². The zero-order chi connectivity index (χ0) is 63.8. The summed E-state index contributed by atoms with van der Waals surface area (Å²) in [6.07, 6.45) is 5.30. The van der Waals surface area contributed by atoms with Gasteiger partial charge in [-0.25, -0.2) is 19.0 Å². The van der Waals surface area contributed by atoms with Gasteiger partial charge in [-0.2, -0.15) is 0 Å². The molecule has 3 aromatic heterocycles. The monoisotopic (exact) mass is 1220 g/mol. The summed E-state index contributed by atoms with van der Waals surface area (Å²) in [5, 5.41) is 29.2. The molecule has 0 fully saturated rings. The summed E-state index contributed by atoms with van der Waals surface area (Å²) in [5.41, 5.74) is 11.4. The normalized spacial score (nSPS) is 12.9. The average molecular weight is 1220 g/mol. The van der Waals surface area contributed by atoms with Crippen LogP contribution in [0.3, 0.4) is 0 Å². The molecule has 0 aliphatic carbocycles. The number of unbranched alkanes of at least 4 members (excludes halogenated alkanes) is 3. The number of hydrogen-bond donors (Lipinski definition) is 10. The van der Waals surface area contributed by atoms with Crippen LogP contribution in [0.5, 0.6) is 5.75 Å². The Hall–Kier alpha value is -10.3. The Balaban J connectivity index is 0.851. The standard InChI is InChI=1S/C63H74FN13O12/c1-38(2)56(76-60(84)50(24-27-55(81)82)72-52(78)17-5-4-7-30-77-53(79)25-26-54(77)80)61(85)73-49(16-11-29-66-62(65)86)59(83)71-44-21-18-40(19-22-44)37-89-63(87)67-28-6-8-31-88-46-33-42-32-41(20-23-47(42)69-35-46)57-58(48-15-9-12-39(3)70-48)75-51(74-57)36-68-45-14-10-13-43(64)34-45/h9-10,12-15,18-23,25-26,32-35,38,49-50,56,68H,4-8,11,16-17,24,27-31,36-37H2,1-3H3,(H,67,87)(H,71,83)(H,72,78)(H,73,85)(H,74,75)(H,76,84)(H,81,82)(H3,65,66,86)/t49-,50-,56-/m0/s1. The highest BCUT2D eigenvalue weighted by molar-refractivity contribution is 6.12. The number of nitrogens with zero attached hydrogens (tertiary/aromatic N) is 4. The molecule has 1 aliphatic heterocycles. The highest BCUT2D eigenvalue weighted by Gasteiger charge is 2.32. The second kappa shape index (κ2) is 33.0. The Morgan fingerprint density at radius 3 is 2.22 bits per heavy atom. The molecular weight excluding hydrogens is 1150 g/mol. The molecule has 0 unspecified atom stereocenters. The highest BCUT2D eigenvalue weighted by Crippen LogP contribution is 2.32. The number of benzene rings is 3. The number of aryl methyl sites for hydroxylation is 1. The van der Waals surface area contributed by atoms with Gasteiger partial charge in [-0.15, -0.1) is 0 Å². The van der Waals surface area contributed by atoms with Crippen LogP contribution in [0.2, 0.25) is 0 Å². The number of urea groups is 1. The quantitative estimate of drug-likeness (QED) is 0.0149. The summed E-state index contributed by atoms with van der Waals surface area (Å²) < 4.78 is 25.4. The van der Waals surface area contributed by atoms with Gasteiger partial charge < -0.3 is 62.5 Å². The highest BCUT2D eigenvalue weighted by atomic mass is 19.1. The molecule has 0 bridgehead atoms. The van der Waals surface area contributed by atoms with Gasteiger partial charge in [0.25, 0.3) is 11.8 Å². The number of aromatic amines is 1. The lowest BCUT2D eigenvalue weighted by molar-refractivity contribution is -0.139. The van der Waals surface area contributed by atoms with Crippen LogP contribution in [0.1, 0.15) is 95.1 Å². The molecule has 89 heavy (non-hydrogen) atoms. The fraction of sp³-hybridized carbons (Fsp3) is 0.365. The molecule has 6 aromatic rings. The van der Waals surface area contributed by atoms with Crippen LogP contribution in [0.25, 0.3) is 33.5 Å². The Morgan fingerprint density at radius 2 is 1.49 bits per heavy atom. The zero-order valence-electron chi connectivity index (χ0n) is 49.7. The van der Waals surface area contributed by atoms with Gasteiger partial charge in [-0.05, 0) is 124 Å². The maximum absolute atomic E-state index is 13.9. The van der Waals surface area contributed by atoms with E-state index in [1.54, 1.807) is 56.4 Å². The summed E-state index contributed by atoms with van der Waals surface area (Å²) in [6, 6.07) is 21.7. The van der Waals surface area contributed by atoms with Gasteiger partial charge in [0, 0.05) is 72.6 Å². The molecule has 11 N–H and O–H groups in total. The van der Waals surface area contributed by atoms with E-state index >= 15 is 0 Å². The summed E-state index contributed by atoms with van der Waals surface area (Å²) >= 11 is 0. The first kappa shape index (κ1) is 66.3. The first-order chi connectivity index (χ1) is 42.8. The molecule has 0 spiro atoms. The number of H-pyrrole nitrogens is 1. The van der Waals surface area contributed by atoms with E-state index in [1.165, 1.54) is 24.3 Å². The van der Waals surface area contributed by atoms with Crippen molar-refractivity contribution < 1.29 is 62.1 Å². The van der Waals surface area contributed by atoms with Crippen molar-refractivity contribution in [2.24, 2.45) is 11.7 Å². The van der Waals surface area contributed by atoms with Crippen molar-refractivity contribution >= 4 is 75.8 Å². The van der Waals surface area contributed by atoms with Crippen LogP contribution in [0.15, 0.2) is 109 Å². The summed E-state index contributed by atoms with van der Waals surface area (Å²) in [5.74, 6) is -4.47. The number of aliphatic carboxylic acids is 1. The van der Waals surface area contributed by atoms with Crippen LogP contribution in [0.4, 0.5) is 25.4 Å². The first-order valence-corrected chi connectivity index (χ1v) is 29.3. The van der Waals surface area contributed by atoms with E-state index < -0.39 is 84.0 Å². The molecule has 470 valence electrons. The number of aromatic nitrogens is 4. The lowest BCUT2D eigenvalue weighted by Crippen LogP contribution is -2.57. The van der Waals surface area contributed by atoms with Gasteiger partial charge in [0.05, 0.1) is 36.3 Å². The first-order valence-electron chi connectivity index (χ1n) is 29.3. The smallest absolute Gasteiger partial charge is 0.407 e. The molecule has 26 heteroatoms. The Kier molecular flexibility index (Phi) is 24.6. The molecule has 0 radical (unpaired) electrons. The Labute approximate surface area is 513 Å². The third kappa shape index (κ3) is 21.0. The Bertz CT molecular complexity index is 3500. The molecule has 4 heterocycles. The van der Waals surface area contributed by atoms with E-state index in [1.807, 2.05) is 49.4 Å². The number of carbonyl (C=O) groups is 9. The number of carboxylic acid groups (broad SMARTS) is 1. The fourth-order valence-corrected chi connectivity index (χ4v) is 9.45. The number of alkyl carbamates (subject to hydrolysis) is 1. The number of imidazole rings is 1. The summed E-state index contributed by atoms with van der Waals surface area (Å²) in [4.78, 5) is 132. The maximum Gasteiger partial charge on any atom is 0.407 e. The lowest BCUT2D eigenvalue weighted by Gasteiger charge is -2.27. The molecule has 3 aromatic carbocycles. The van der Waals surface area contributed by atoms with Crippen LogP contribution >= 0.6 is 0 Å². The van der Waals surface area contributed by atoms with Crippen molar-refractivity contribution in [1.82, 2.24) is 51.4 Å². The van der Waals surface area contributed by atoms with Crippen molar-refractivity contribution in [3.63, 3.8) is 0 Å². The maximum atomic E-state index is 13.9. The largest absolute Gasteiger partial charge is 0.492 e. The van der Waals surface area contributed by atoms with E-state index in [-0.39, 0.29) is 51.2 Å². The second-order valence-corrected chi connectivity index (χ2v) is 21.5. The number of carboxylic acids is 1. The number of amides is 9. The number of ether oxygens (including phenoxy) is 2. The van der Waals surface area contributed by atoms with Gasteiger partial charge in [0.2, 0.25) is 23.6 Å². The third-order valence-corrected chi connectivity index (χ3v) is 14.1. The number of nitrogens with one attached hydrogen (secondary N) is 8. The van der Waals surface area contributed by atoms with Gasteiger partial charge in [0.1, 0.15) is 47.8 Å².